The minimum Gasteiger partial charge on any atom is -0.493 e. The van der Waals surface area contributed by atoms with Crippen LogP contribution in [0.1, 0.15) is 36.0 Å². The lowest BCUT2D eigenvalue weighted by atomic mass is 10.2. The fourth-order valence-corrected chi connectivity index (χ4v) is 2.34. The number of methoxy groups -OCH3 is 1. The van der Waals surface area contributed by atoms with E-state index >= 15 is 0 Å². The van der Waals surface area contributed by atoms with Crippen LogP contribution in [-0.4, -0.2) is 19.5 Å². The van der Waals surface area contributed by atoms with E-state index in [9.17, 15) is 4.79 Å². The first-order valence-electron chi connectivity index (χ1n) is 5.74. The molecule has 1 aliphatic carbocycles. The first-order chi connectivity index (χ1) is 8.24. The predicted octanol–water partition coefficient (Wildman–Crippen LogP) is 3.48. The molecule has 1 fully saturated rings. The molecule has 3 nitrogen and oxygen atoms in total. The molecule has 0 radical (unpaired) electrons. The smallest absolute Gasteiger partial charge is 0.172 e. The maximum absolute atomic E-state index is 11.0. The van der Waals surface area contributed by atoms with Crippen molar-refractivity contribution in [3.8, 4) is 11.5 Å². The van der Waals surface area contributed by atoms with E-state index in [0.717, 1.165) is 19.1 Å². The van der Waals surface area contributed by atoms with Gasteiger partial charge in [-0.05, 0) is 31.7 Å². The fraction of sp³-hybridized carbons (Fsp3) is 0.462. The van der Waals surface area contributed by atoms with Crippen molar-refractivity contribution in [2.24, 2.45) is 0 Å². The average Bonchev–Trinajstić information content (AvgIpc) is 2.83. The average molecular weight is 255 g/mol. The third-order valence-electron chi connectivity index (χ3n) is 2.98. The van der Waals surface area contributed by atoms with Gasteiger partial charge in [0.15, 0.2) is 17.8 Å². The van der Waals surface area contributed by atoms with Gasteiger partial charge in [0.05, 0.1) is 18.8 Å². The van der Waals surface area contributed by atoms with Crippen molar-refractivity contribution in [2.45, 2.75) is 31.8 Å². The van der Waals surface area contributed by atoms with Gasteiger partial charge in [0.2, 0.25) is 0 Å². The summed E-state index contributed by atoms with van der Waals surface area (Å²) >= 11 is 5.90. The van der Waals surface area contributed by atoms with Gasteiger partial charge in [-0.3, -0.25) is 4.79 Å². The maximum Gasteiger partial charge on any atom is 0.172 e. The Labute approximate surface area is 106 Å². The summed E-state index contributed by atoms with van der Waals surface area (Å²) in [5.74, 6) is 1.03. The number of halogens is 1. The van der Waals surface area contributed by atoms with Crippen LogP contribution in [0.3, 0.4) is 0 Å². The molecule has 0 heterocycles. The van der Waals surface area contributed by atoms with Crippen LogP contribution in [0, 0.1) is 0 Å². The normalized spacial score (nSPS) is 15.9. The topological polar surface area (TPSA) is 35.5 Å². The van der Waals surface area contributed by atoms with E-state index in [1.54, 1.807) is 19.2 Å². The SMILES string of the molecule is COc1cc(Cl)cc(C=O)c1OC1CCCC1. The van der Waals surface area contributed by atoms with Crippen molar-refractivity contribution < 1.29 is 14.3 Å². The van der Waals surface area contributed by atoms with Gasteiger partial charge in [-0.2, -0.15) is 0 Å². The van der Waals surface area contributed by atoms with Crippen molar-refractivity contribution in [3.63, 3.8) is 0 Å². The number of carbonyl (C=O) groups is 1. The van der Waals surface area contributed by atoms with Crippen LogP contribution in [-0.2, 0) is 0 Å². The van der Waals surface area contributed by atoms with Crippen molar-refractivity contribution in [1.29, 1.82) is 0 Å². The minimum atomic E-state index is 0.184. The highest BCUT2D eigenvalue weighted by Gasteiger charge is 2.21. The molecule has 0 bridgehead atoms. The lowest BCUT2D eigenvalue weighted by Crippen LogP contribution is -2.13. The molecule has 0 unspecified atom stereocenters. The summed E-state index contributed by atoms with van der Waals surface area (Å²) in [6.45, 7) is 0. The molecule has 0 N–H and O–H groups in total. The minimum absolute atomic E-state index is 0.184. The first-order valence-corrected chi connectivity index (χ1v) is 6.11. The summed E-state index contributed by atoms with van der Waals surface area (Å²) in [7, 11) is 1.54. The van der Waals surface area contributed by atoms with Crippen molar-refractivity contribution in [1.82, 2.24) is 0 Å². The van der Waals surface area contributed by atoms with Crippen LogP contribution in [0.25, 0.3) is 0 Å². The number of aldehydes is 1. The zero-order valence-corrected chi connectivity index (χ0v) is 10.5. The Morgan fingerprint density at radius 3 is 2.65 bits per heavy atom. The summed E-state index contributed by atoms with van der Waals surface area (Å²) < 4.78 is 11.1. The summed E-state index contributed by atoms with van der Waals surface area (Å²) in [4.78, 5) is 11.0. The quantitative estimate of drug-likeness (QED) is 0.772. The highest BCUT2D eigenvalue weighted by Crippen LogP contribution is 2.36. The Kier molecular flexibility index (Phi) is 3.89. The van der Waals surface area contributed by atoms with Crippen molar-refractivity contribution in [3.05, 3.63) is 22.7 Å². The number of ether oxygens (including phenoxy) is 2. The van der Waals surface area contributed by atoms with Crippen LogP contribution in [0.4, 0.5) is 0 Å². The van der Waals surface area contributed by atoms with E-state index in [1.807, 2.05) is 0 Å². The second-order valence-electron chi connectivity index (χ2n) is 4.17. The predicted molar refractivity (Wildman–Crippen MR) is 66.3 cm³/mol. The summed E-state index contributed by atoms with van der Waals surface area (Å²) in [6, 6.07) is 3.26. The molecule has 0 aromatic heterocycles. The molecule has 1 aliphatic rings. The number of hydrogen-bond donors (Lipinski definition) is 0. The number of rotatable bonds is 4. The van der Waals surface area contributed by atoms with Crippen LogP contribution >= 0.6 is 11.6 Å². The van der Waals surface area contributed by atoms with Gasteiger partial charge < -0.3 is 9.47 Å². The van der Waals surface area contributed by atoms with E-state index in [2.05, 4.69) is 0 Å². The largest absolute Gasteiger partial charge is 0.493 e. The molecule has 0 atom stereocenters. The van der Waals surface area contributed by atoms with E-state index < -0.39 is 0 Å². The third kappa shape index (κ3) is 2.72. The molecule has 1 aromatic rings. The molecule has 0 aliphatic heterocycles. The molecule has 92 valence electrons. The van der Waals surface area contributed by atoms with Crippen LogP contribution in [0.15, 0.2) is 12.1 Å². The summed E-state index contributed by atoms with van der Waals surface area (Å²) in [5.41, 5.74) is 0.446. The standard InChI is InChI=1S/C13H15ClO3/c1-16-12-7-10(14)6-9(8-15)13(12)17-11-4-2-3-5-11/h6-8,11H,2-5H2,1H3. The first kappa shape index (κ1) is 12.2. The molecule has 0 saturated heterocycles. The van der Waals surface area contributed by atoms with Gasteiger partial charge in [0, 0.05) is 11.1 Å². The number of hydrogen-bond acceptors (Lipinski definition) is 3. The van der Waals surface area contributed by atoms with E-state index in [0.29, 0.717) is 22.1 Å². The van der Waals surface area contributed by atoms with Crippen LogP contribution in [0.2, 0.25) is 5.02 Å². The molecular weight excluding hydrogens is 240 g/mol. The number of carbonyl (C=O) groups excluding carboxylic acids is 1. The van der Waals surface area contributed by atoms with E-state index in [1.165, 1.54) is 12.8 Å². The zero-order valence-electron chi connectivity index (χ0n) is 9.74. The Morgan fingerprint density at radius 2 is 2.06 bits per heavy atom. The van der Waals surface area contributed by atoms with E-state index in [4.69, 9.17) is 21.1 Å². The lowest BCUT2D eigenvalue weighted by Gasteiger charge is -2.17. The molecule has 1 aromatic carbocycles. The van der Waals surface area contributed by atoms with Gasteiger partial charge in [-0.1, -0.05) is 11.6 Å². The molecule has 0 spiro atoms. The van der Waals surface area contributed by atoms with Crippen LogP contribution in [0.5, 0.6) is 11.5 Å². The molecule has 2 rings (SSSR count). The fourth-order valence-electron chi connectivity index (χ4n) is 2.13. The van der Waals surface area contributed by atoms with Gasteiger partial charge in [0.25, 0.3) is 0 Å². The highest BCUT2D eigenvalue weighted by atomic mass is 35.5. The zero-order chi connectivity index (χ0) is 12.3. The third-order valence-corrected chi connectivity index (χ3v) is 3.20. The molecule has 17 heavy (non-hydrogen) atoms. The maximum atomic E-state index is 11.0. The van der Waals surface area contributed by atoms with Gasteiger partial charge >= 0.3 is 0 Å². The van der Waals surface area contributed by atoms with Crippen LogP contribution < -0.4 is 9.47 Å². The molecule has 1 saturated carbocycles. The Hall–Kier alpha value is -1.22. The Balaban J connectivity index is 2.31. The summed E-state index contributed by atoms with van der Waals surface area (Å²) in [6.07, 6.45) is 5.35. The second-order valence-corrected chi connectivity index (χ2v) is 4.61. The Morgan fingerprint density at radius 1 is 1.35 bits per heavy atom. The summed E-state index contributed by atoms with van der Waals surface area (Å²) in [5, 5.41) is 0.475. The van der Waals surface area contributed by atoms with Crippen molar-refractivity contribution in [2.75, 3.05) is 7.11 Å². The lowest BCUT2D eigenvalue weighted by molar-refractivity contribution is 0.111. The monoisotopic (exact) mass is 254 g/mol. The van der Waals surface area contributed by atoms with Crippen molar-refractivity contribution >= 4 is 17.9 Å². The van der Waals surface area contributed by atoms with Gasteiger partial charge in [0.1, 0.15) is 0 Å². The molecule has 0 amide bonds. The Bertz CT molecular complexity index is 411. The van der Waals surface area contributed by atoms with E-state index in [-0.39, 0.29) is 6.10 Å². The van der Waals surface area contributed by atoms with Gasteiger partial charge in [-0.25, -0.2) is 0 Å². The van der Waals surface area contributed by atoms with Gasteiger partial charge in [-0.15, -0.1) is 0 Å². The molecular formula is C13H15ClO3. The number of benzene rings is 1. The second kappa shape index (κ2) is 5.41. The highest BCUT2D eigenvalue weighted by molar-refractivity contribution is 6.31. The molecule has 4 heteroatoms.